The fourth-order valence-corrected chi connectivity index (χ4v) is 2.74. The quantitative estimate of drug-likeness (QED) is 0.307. The summed E-state index contributed by atoms with van der Waals surface area (Å²) in [5.74, 6) is -0.636. The Balaban J connectivity index is 2.15. The van der Waals surface area contributed by atoms with Gasteiger partial charge >= 0.3 is 5.66 Å². The number of rotatable bonds is 3. The van der Waals surface area contributed by atoms with Crippen LogP contribution in [0.5, 0.6) is 0 Å². The van der Waals surface area contributed by atoms with Crippen molar-refractivity contribution in [1.29, 1.82) is 0 Å². The lowest BCUT2D eigenvalue weighted by molar-refractivity contribution is -0.552. The summed E-state index contributed by atoms with van der Waals surface area (Å²) >= 11 is 0. The lowest BCUT2D eigenvalue weighted by atomic mass is 9.96. The summed E-state index contributed by atoms with van der Waals surface area (Å²) in [6.07, 6.45) is 2.59. The monoisotopic (exact) mass is 226 g/mol. The van der Waals surface area contributed by atoms with E-state index in [-0.39, 0.29) is 23.2 Å². The molecule has 6 nitrogen and oxygen atoms in total. The number of carbonyl (C=O) groups is 2. The molecule has 1 saturated heterocycles. The largest absolute Gasteiger partial charge is 0.319 e. The van der Waals surface area contributed by atoms with Gasteiger partial charge in [-0.05, 0) is 19.8 Å². The first-order valence-corrected chi connectivity index (χ1v) is 5.46. The zero-order chi connectivity index (χ0) is 11.9. The van der Waals surface area contributed by atoms with E-state index in [0.717, 1.165) is 12.8 Å². The van der Waals surface area contributed by atoms with Crippen LogP contribution in [0.25, 0.3) is 0 Å². The van der Waals surface area contributed by atoms with Crippen molar-refractivity contribution >= 4 is 11.7 Å². The Morgan fingerprint density at radius 2 is 2.19 bits per heavy atom. The van der Waals surface area contributed by atoms with E-state index in [2.05, 4.69) is 0 Å². The Kier molecular flexibility index (Phi) is 2.44. The van der Waals surface area contributed by atoms with Crippen LogP contribution >= 0.6 is 0 Å². The predicted molar refractivity (Wildman–Crippen MR) is 54.1 cm³/mol. The van der Waals surface area contributed by atoms with Gasteiger partial charge in [0.25, 0.3) is 0 Å². The second-order valence-electron chi connectivity index (χ2n) is 4.54. The molecule has 1 aliphatic carbocycles. The number of hydrogen-bond acceptors (Lipinski definition) is 4. The lowest BCUT2D eigenvalue weighted by Gasteiger charge is -2.11. The molecule has 0 unspecified atom stereocenters. The van der Waals surface area contributed by atoms with E-state index in [9.17, 15) is 19.7 Å². The minimum Gasteiger partial charge on any atom is -0.299 e. The van der Waals surface area contributed by atoms with Crippen LogP contribution < -0.4 is 0 Å². The average molecular weight is 226 g/mol. The standard InChI is InChI=1S/C10H14N2O4/c1-7(13)6-9(14)11-8-4-2-3-5-10(8,11)12(15)16/h8H,2-6H2,1H3/t8-,10-,11?/m1/s1. The molecule has 88 valence electrons. The number of hydrogen-bond donors (Lipinski definition) is 0. The van der Waals surface area contributed by atoms with Crippen LogP contribution in [-0.2, 0) is 9.59 Å². The summed E-state index contributed by atoms with van der Waals surface area (Å²) in [6.45, 7) is 1.32. The van der Waals surface area contributed by atoms with Crippen molar-refractivity contribution in [2.24, 2.45) is 0 Å². The molecule has 2 rings (SSSR count). The third-order valence-corrected chi connectivity index (χ3v) is 3.45. The molecule has 2 fully saturated rings. The normalized spacial score (nSPS) is 31.8. The molecule has 16 heavy (non-hydrogen) atoms. The SMILES string of the molecule is CC(=O)CC(=O)N1[C@@H]2CCCC[C@@]21[N+](=O)[O-]. The fourth-order valence-electron chi connectivity index (χ4n) is 2.74. The van der Waals surface area contributed by atoms with E-state index in [0.29, 0.717) is 12.8 Å². The van der Waals surface area contributed by atoms with Crippen molar-refractivity contribution in [3.63, 3.8) is 0 Å². The van der Waals surface area contributed by atoms with E-state index < -0.39 is 11.6 Å². The van der Waals surface area contributed by atoms with Crippen molar-refractivity contribution in [2.45, 2.75) is 50.7 Å². The molecular weight excluding hydrogens is 212 g/mol. The smallest absolute Gasteiger partial charge is 0.299 e. The van der Waals surface area contributed by atoms with Gasteiger partial charge in [0.05, 0.1) is 11.3 Å². The van der Waals surface area contributed by atoms with Crippen LogP contribution in [0, 0.1) is 10.1 Å². The van der Waals surface area contributed by atoms with Gasteiger partial charge in [0.2, 0.25) is 5.91 Å². The van der Waals surface area contributed by atoms with Gasteiger partial charge in [-0.1, -0.05) is 6.42 Å². The van der Waals surface area contributed by atoms with Crippen LogP contribution in [0.4, 0.5) is 0 Å². The third kappa shape index (κ3) is 1.40. The molecule has 0 bridgehead atoms. The van der Waals surface area contributed by atoms with Gasteiger partial charge in [-0.25, -0.2) is 0 Å². The molecule has 0 aromatic heterocycles. The minimum absolute atomic E-state index is 0.216. The number of amides is 1. The molecular formula is C10H14N2O4. The van der Waals surface area contributed by atoms with Gasteiger partial charge in [-0.2, -0.15) is 0 Å². The van der Waals surface area contributed by atoms with Crippen LogP contribution in [-0.4, -0.2) is 33.2 Å². The van der Waals surface area contributed by atoms with Crippen molar-refractivity contribution in [1.82, 2.24) is 4.90 Å². The van der Waals surface area contributed by atoms with Crippen molar-refractivity contribution in [3.05, 3.63) is 10.1 Å². The second kappa shape index (κ2) is 3.54. The van der Waals surface area contributed by atoms with E-state index >= 15 is 0 Å². The summed E-state index contributed by atoms with van der Waals surface area (Å²) in [5, 5.41) is 11.0. The molecule has 0 N–H and O–H groups in total. The maximum absolute atomic E-state index is 11.7. The molecule has 0 radical (unpaired) electrons. The maximum Gasteiger partial charge on any atom is 0.319 e. The summed E-state index contributed by atoms with van der Waals surface area (Å²) < 4.78 is 0. The lowest BCUT2D eigenvalue weighted by Crippen LogP contribution is -2.33. The molecule has 0 aromatic carbocycles. The predicted octanol–water partition coefficient (Wildman–Crippen LogP) is 0.723. The number of fused-ring (bicyclic) bond motifs is 1. The number of likely N-dealkylation sites (tertiary alicyclic amines) is 1. The summed E-state index contributed by atoms with van der Waals surface area (Å²) in [4.78, 5) is 34.5. The van der Waals surface area contributed by atoms with E-state index in [1.165, 1.54) is 11.8 Å². The zero-order valence-corrected chi connectivity index (χ0v) is 9.14. The van der Waals surface area contributed by atoms with Crippen molar-refractivity contribution < 1.29 is 14.5 Å². The number of carbonyl (C=O) groups excluding carboxylic acids is 2. The molecule has 6 heteroatoms. The first-order chi connectivity index (χ1) is 7.50. The zero-order valence-electron chi connectivity index (χ0n) is 9.14. The Morgan fingerprint density at radius 1 is 1.50 bits per heavy atom. The van der Waals surface area contributed by atoms with Gasteiger partial charge < -0.3 is 0 Å². The highest BCUT2D eigenvalue weighted by Gasteiger charge is 2.76. The highest BCUT2D eigenvalue weighted by molar-refractivity contribution is 5.98. The van der Waals surface area contributed by atoms with Gasteiger partial charge in [-0.3, -0.25) is 24.6 Å². The first-order valence-electron chi connectivity index (χ1n) is 5.46. The van der Waals surface area contributed by atoms with Gasteiger partial charge in [0.1, 0.15) is 11.8 Å². The van der Waals surface area contributed by atoms with Gasteiger partial charge in [0, 0.05) is 6.42 Å². The van der Waals surface area contributed by atoms with Gasteiger partial charge in [0.15, 0.2) is 0 Å². The van der Waals surface area contributed by atoms with Crippen molar-refractivity contribution in [3.8, 4) is 0 Å². The van der Waals surface area contributed by atoms with Crippen LogP contribution in [0.15, 0.2) is 0 Å². The number of nitrogens with zero attached hydrogens (tertiary/aromatic N) is 2. The molecule has 1 heterocycles. The average Bonchev–Trinajstić information content (AvgIpc) is 2.86. The van der Waals surface area contributed by atoms with Crippen LogP contribution in [0.3, 0.4) is 0 Å². The number of nitro groups is 1. The highest BCUT2D eigenvalue weighted by atomic mass is 16.6. The summed E-state index contributed by atoms with van der Waals surface area (Å²) in [7, 11) is 0. The molecule has 2 atom stereocenters. The van der Waals surface area contributed by atoms with E-state index in [4.69, 9.17) is 0 Å². The molecule has 2 aliphatic rings. The molecule has 0 spiro atoms. The Hall–Kier alpha value is -1.46. The van der Waals surface area contributed by atoms with E-state index in [1.807, 2.05) is 0 Å². The topological polar surface area (TPSA) is 80.3 Å². The Labute approximate surface area is 92.7 Å². The van der Waals surface area contributed by atoms with E-state index in [1.54, 1.807) is 0 Å². The first kappa shape index (κ1) is 11.0. The highest BCUT2D eigenvalue weighted by Crippen LogP contribution is 2.51. The van der Waals surface area contributed by atoms with Gasteiger partial charge in [-0.15, -0.1) is 0 Å². The third-order valence-electron chi connectivity index (χ3n) is 3.45. The number of ketones is 1. The summed E-state index contributed by atoms with van der Waals surface area (Å²) in [6, 6.07) is -0.275. The fraction of sp³-hybridized carbons (Fsp3) is 0.800. The second-order valence-corrected chi connectivity index (χ2v) is 4.54. The molecule has 1 saturated carbocycles. The summed E-state index contributed by atoms with van der Waals surface area (Å²) in [5.41, 5.74) is -1.18. The maximum atomic E-state index is 11.7. The molecule has 0 aromatic rings. The van der Waals surface area contributed by atoms with Crippen LogP contribution in [0.2, 0.25) is 0 Å². The van der Waals surface area contributed by atoms with Crippen molar-refractivity contribution in [2.75, 3.05) is 0 Å². The Bertz CT molecular complexity index is 368. The number of Topliss-reactive ketones (excluding diaryl/α,β-unsaturated/α-hetero) is 1. The van der Waals surface area contributed by atoms with Crippen LogP contribution in [0.1, 0.15) is 39.0 Å². The Morgan fingerprint density at radius 3 is 2.69 bits per heavy atom. The molecule has 1 aliphatic heterocycles. The minimum atomic E-state index is -1.18. The molecule has 1 amide bonds.